The van der Waals surface area contributed by atoms with Crippen molar-refractivity contribution in [1.29, 1.82) is 0 Å². The molecular weight excluding hydrogens is 326 g/mol. The van der Waals surface area contributed by atoms with Gasteiger partial charge in [-0.25, -0.2) is 0 Å². The molecule has 26 heavy (non-hydrogen) atoms. The van der Waals surface area contributed by atoms with Crippen molar-refractivity contribution in [3.63, 3.8) is 0 Å². The largest absolute Gasteiger partial charge is 0.379 e. The quantitative estimate of drug-likeness (QED) is 0.506. The van der Waals surface area contributed by atoms with Gasteiger partial charge in [-0.15, -0.1) is 0 Å². The van der Waals surface area contributed by atoms with Crippen LogP contribution in [0.15, 0.2) is 4.99 Å². The molecule has 0 aromatic rings. The Bertz CT molecular complexity index is 439. The van der Waals surface area contributed by atoms with Crippen molar-refractivity contribution in [3.05, 3.63) is 0 Å². The number of morpholine rings is 1. The van der Waals surface area contributed by atoms with E-state index < -0.39 is 0 Å². The summed E-state index contributed by atoms with van der Waals surface area (Å²) in [7, 11) is 1.89. The van der Waals surface area contributed by atoms with Gasteiger partial charge in [0.05, 0.1) is 13.2 Å². The van der Waals surface area contributed by atoms with E-state index in [2.05, 4.69) is 32.3 Å². The van der Waals surface area contributed by atoms with Crippen molar-refractivity contribution < 1.29 is 4.74 Å². The Labute approximate surface area is 159 Å². The van der Waals surface area contributed by atoms with Crippen LogP contribution in [0.5, 0.6) is 0 Å². The SMILES string of the molecule is CCN(CCNC(=NC)NCC1(N2CCOCC2)CCCCC1)C1CC1. The van der Waals surface area contributed by atoms with Gasteiger partial charge >= 0.3 is 0 Å². The zero-order valence-electron chi connectivity index (χ0n) is 16.9. The fourth-order valence-corrected chi connectivity index (χ4v) is 4.68. The molecule has 6 nitrogen and oxygen atoms in total. The second kappa shape index (κ2) is 9.90. The Morgan fingerprint density at radius 1 is 1.15 bits per heavy atom. The van der Waals surface area contributed by atoms with Crippen molar-refractivity contribution in [2.45, 2.75) is 63.5 Å². The maximum atomic E-state index is 5.59. The van der Waals surface area contributed by atoms with E-state index >= 15 is 0 Å². The molecule has 0 atom stereocenters. The average Bonchev–Trinajstić information content (AvgIpc) is 3.54. The summed E-state index contributed by atoms with van der Waals surface area (Å²) < 4.78 is 5.59. The molecule has 0 aromatic carbocycles. The van der Waals surface area contributed by atoms with E-state index in [-0.39, 0.29) is 5.54 Å². The highest BCUT2D eigenvalue weighted by atomic mass is 16.5. The second-order valence-electron chi connectivity index (χ2n) is 8.10. The third kappa shape index (κ3) is 5.33. The fraction of sp³-hybridized carbons (Fsp3) is 0.950. The summed E-state index contributed by atoms with van der Waals surface area (Å²) in [6.07, 6.45) is 9.42. The van der Waals surface area contributed by atoms with Gasteiger partial charge in [0.15, 0.2) is 5.96 Å². The molecule has 2 aliphatic carbocycles. The monoisotopic (exact) mass is 365 g/mol. The molecule has 0 spiro atoms. The first-order chi connectivity index (χ1) is 12.8. The van der Waals surface area contributed by atoms with Crippen LogP contribution in [0.3, 0.4) is 0 Å². The van der Waals surface area contributed by atoms with Gasteiger partial charge in [-0.1, -0.05) is 26.2 Å². The summed E-state index contributed by atoms with van der Waals surface area (Å²) in [5.41, 5.74) is 0.281. The van der Waals surface area contributed by atoms with Crippen molar-refractivity contribution in [3.8, 4) is 0 Å². The van der Waals surface area contributed by atoms with Crippen LogP contribution in [0.2, 0.25) is 0 Å². The number of hydrogen-bond donors (Lipinski definition) is 2. The van der Waals surface area contributed by atoms with Crippen LogP contribution >= 0.6 is 0 Å². The van der Waals surface area contributed by atoms with Gasteiger partial charge in [-0.3, -0.25) is 14.8 Å². The molecule has 1 aliphatic heterocycles. The summed E-state index contributed by atoms with van der Waals surface area (Å²) in [6.45, 7) is 10.4. The normalized spacial score (nSPS) is 24.7. The van der Waals surface area contributed by atoms with Crippen molar-refractivity contribution >= 4 is 5.96 Å². The topological polar surface area (TPSA) is 52.1 Å². The number of nitrogens with one attached hydrogen (secondary N) is 2. The predicted molar refractivity (Wildman–Crippen MR) is 108 cm³/mol. The third-order valence-electron chi connectivity index (χ3n) is 6.44. The van der Waals surface area contributed by atoms with E-state index in [1.54, 1.807) is 0 Å². The molecule has 6 heteroatoms. The summed E-state index contributed by atoms with van der Waals surface area (Å²) in [4.78, 5) is 9.73. The number of rotatable bonds is 8. The van der Waals surface area contributed by atoms with E-state index in [0.717, 1.165) is 64.5 Å². The lowest BCUT2D eigenvalue weighted by molar-refractivity contribution is -0.0352. The van der Waals surface area contributed by atoms with Gasteiger partial charge in [0.2, 0.25) is 0 Å². The van der Waals surface area contributed by atoms with Crippen molar-refractivity contribution in [2.75, 3.05) is 59.5 Å². The lowest BCUT2D eigenvalue weighted by atomic mass is 9.80. The Balaban J connectivity index is 1.48. The molecule has 2 saturated carbocycles. The smallest absolute Gasteiger partial charge is 0.191 e. The van der Waals surface area contributed by atoms with Gasteiger partial charge in [0.25, 0.3) is 0 Å². The first-order valence-corrected chi connectivity index (χ1v) is 10.8. The molecule has 1 heterocycles. The highest BCUT2D eigenvalue weighted by molar-refractivity contribution is 5.79. The molecule has 0 unspecified atom stereocenters. The van der Waals surface area contributed by atoms with E-state index in [1.165, 1.54) is 44.9 Å². The molecule has 2 N–H and O–H groups in total. The lowest BCUT2D eigenvalue weighted by Crippen LogP contribution is -2.60. The van der Waals surface area contributed by atoms with E-state index in [4.69, 9.17) is 4.74 Å². The molecular formula is C20H39N5O. The third-order valence-corrected chi connectivity index (χ3v) is 6.44. The van der Waals surface area contributed by atoms with E-state index in [9.17, 15) is 0 Å². The zero-order valence-corrected chi connectivity index (χ0v) is 16.9. The number of guanidine groups is 1. The van der Waals surface area contributed by atoms with Crippen LogP contribution in [0.1, 0.15) is 51.9 Å². The van der Waals surface area contributed by atoms with E-state index in [0.29, 0.717) is 0 Å². The van der Waals surface area contributed by atoms with Gasteiger partial charge in [-0.05, 0) is 32.2 Å². The Hall–Kier alpha value is -0.850. The summed E-state index contributed by atoms with van der Waals surface area (Å²) in [5.74, 6) is 0.954. The highest BCUT2D eigenvalue weighted by Gasteiger charge is 2.38. The van der Waals surface area contributed by atoms with Crippen LogP contribution in [0, 0.1) is 0 Å². The maximum Gasteiger partial charge on any atom is 0.191 e. The van der Waals surface area contributed by atoms with Crippen LogP contribution in [-0.2, 0) is 4.74 Å². The van der Waals surface area contributed by atoms with Crippen LogP contribution in [0.4, 0.5) is 0 Å². The molecule has 3 rings (SSSR count). The Kier molecular flexibility index (Phi) is 7.58. The Morgan fingerprint density at radius 2 is 1.88 bits per heavy atom. The van der Waals surface area contributed by atoms with Gasteiger partial charge < -0.3 is 15.4 Å². The summed E-state index contributed by atoms with van der Waals surface area (Å²) in [6, 6.07) is 0.837. The molecule has 0 aromatic heterocycles. The number of hydrogen-bond acceptors (Lipinski definition) is 4. The van der Waals surface area contributed by atoms with Crippen LogP contribution in [-0.4, -0.2) is 86.9 Å². The molecule has 3 fully saturated rings. The fourth-order valence-electron chi connectivity index (χ4n) is 4.68. The first-order valence-electron chi connectivity index (χ1n) is 10.8. The first kappa shape index (κ1) is 19.9. The minimum atomic E-state index is 0.281. The lowest BCUT2D eigenvalue weighted by Gasteiger charge is -2.48. The number of aliphatic imine (C=N–C) groups is 1. The molecule has 0 radical (unpaired) electrons. The number of nitrogens with zero attached hydrogens (tertiary/aromatic N) is 3. The molecule has 1 saturated heterocycles. The number of likely N-dealkylation sites (N-methyl/N-ethyl adjacent to an activating group) is 1. The zero-order chi connectivity index (χ0) is 18.2. The van der Waals surface area contributed by atoms with Gasteiger partial charge in [-0.2, -0.15) is 0 Å². The molecule has 3 aliphatic rings. The average molecular weight is 366 g/mol. The Morgan fingerprint density at radius 3 is 2.50 bits per heavy atom. The number of ether oxygens (including phenoxy) is 1. The highest BCUT2D eigenvalue weighted by Crippen LogP contribution is 2.33. The van der Waals surface area contributed by atoms with Gasteiger partial charge in [0.1, 0.15) is 0 Å². The molecule has 0 bridgehead atoms. The molecule has 150 valence electrons. The summed E-state index contributed by atoms with van der Waals surface area (Å²) in [5, 5.41) is 7.18. The second-order valence-corrected chi connectivity index (χ2v) is 8.10. The standard InChI is InChI=1S/C20H39N5O/c1-3-24(18-7-8-18)12-11-22-19(21-2)23-17-20(9-5-4-6-10-20)25-13-15-26-16-14-25/h18H,3-17H2,1-2H3,(H2,21,22,23). The summed E-state index contributed by atoms with van der Waals surface area (Å²) >= 11 is 0. The van der Waals surface area contributed by atoms with Crippen molar-refractivity contribution in [2.24, 2.45) is 4.99 Å². The minimum Gasteiger partial charge on any atom is -0.379 e. The van der Waals surface area contributed by atoms with Crippen molar-refractivity contribution in [1.82, 2.24) is 20.4 Å². The molecule has 0 amide bonds. The van der Waals surface area contributed by atoms with Crippen LogP contribution < -0.4 is 10.6 Å². The minimum absolute atomic E-state index is 0.281. The van der Waals surface area contributed by atoms with Gasteiger partial charge in [0, 0.05) is 51.4 Å². The maximum absolute atomic E-state index is 5.59. The van der Waals surface area contributed by atoms with Crippen LogP contribution in [0.25, 0.3) is 0 Å². The van der Waals surface area contributed by atoms with E-state index in [1.807, 2.05) is 7.05 Å². The predicted octanol–water partition coefficient (Wildman–Crippen LogP) is 1.67.